The van der Waals surface area contributed by atoms with Crippen molar-refractivity contribution in [2.75, 3.05) is 13.6 Å². The van der Waals surface area contributed by atoms with E-state index in [1.807, 2.05) is 12.1 Å². The molecule has 6 heteroatoms. The van der Waals surface area contributed by atoms with E-state index in [2.05, 4.69) is 41.1 Å². The van der Waals surface area contributed by atoms with E-state index in [0.717, 1.165) is 12.0 Å². The van der Waals surface area contributed by atoms with Crippen LogP contribution < -0.4 is 0 Å². The van der Waals surface area contributed by atoms with Gasteiger partial charge in [0.1, 0.15) is 0 Å². The van der Waals surface area contributed by atoms with Crippen LogP contribution in [0.5, 0.6) is 0 Å². The van der Waals surface area contributed by atoms with Crippen LogP contribution in [0.4, 0.5) is 0 Å². The number of hydrogen-bond acceptors (Lipinski definition) is 5. The summed E-state index contributed by atoms with van der Waals surface area (Å²) in [6.07, 6.45) is 4.62. The predicted octanol–water partition coefficient (Wildman–Crippen LogP) is 3.96. The van der Waals surface area contributed by atoms with Crippen molar-refractivity contribution in [2.45, 2.75) is 32.6 Å². The molecule has 2 heterocycles. The molecule has 1 aromatic carbocycles. The van der Waals surface area contributed by atoms with Gasteiger partial charge in [0.15, 0.2) is 0 Å². The Bertz CT molecular complexity index is 873. The maximum absolute atomic E-state index is 12.3. The van der Waals surface area contributed by atoms with E-state index in [4.69, 9.17) is 4.52 Å². The number of nitrogens with zero attached hydrogens (tertiary/aromatic N) is 4. The van der Waals surface area contributed by atoms with Crippen molar-refractivity contribution in [3.63, 3.8) is 0 Å². The van der Waals surface area contributed by atoms with E-state index < -0.39 is 0 Å². The highest BCUT2D eigenvalue weighted by Crippen LogP contribution is 2.20. The molecule has 2 aromatic heterocycles. The summed E-state index contributed by atoms with van der Waals surface area (Å²) in [5.74, 6) is 1.66. The van der Waals surface area contributed by atoms with Gasteiger partial charge in [-0.25, -0.2) is 0 Å². The highest BCUT2D eigenvalue weighted by Gasteiger charge is 2.13. The molecule has 0 aliphatic carbocycles. The Kier molecular flexibility index (Phi) is 5.96. The van der Waals surface area contributed by atoms with Crippen molar-refractivity contribution in [1.82, 2.24) is 20.0 Å². The van der Waals surface area contributed by atoms with Gasteiger partial charge in [-0.15, -0.1) is 0 Å². The van der Waals surface area contributed by atoms with Gasteiger partial charge in [-0.05, 0) is 30.0 Å². The maximum atomic E-state index is 12.3. The largest absolute Gasteiger partial charge is 0.342 e. The minimum atomic E-state index is -0.0196. The van der Waals surface area contributed by atoms with Gasteiger partial charge < -0.3 is 9.42 Å². The number of hydrogen-bond donors (Lipinski definition) is 0. The van der Waals surface area contributed by atoms with Crippen LogP contribution in [-0.4, -0.2) is 39.5 Å². The quantitative estimate of drug-likeness (QED) is 0.634. The minimum Gasteiger partial charge on any atom is -0.342 e. The molecule has 140 valence electrons. The molecule has 0 unspecified atom stereocenters. The summed E-state index contributed by atoms with van der Waals surface area (Å²) in [5.41, 5.74) is 2.86. The van der Waals surface area contributed by atoms with Crippen LogP contribution in [0, 0.1) is 0 Å². The van der Waals surface area contributed by atoms with Crippen LogP contribution in [0.2, 0.25) is 0 Å². The van der Waals surface area contributed by atoms with Gasteiger partial charge in [-0.3, -0.25) is 9.78 Å². The topological polar surface area (TPSA) is 72.1 Å². The van der Waals surface area contributed by atoms with Crippen molar-refractivity contribution < 1.29 is 9.32 Å². The molecule has 0 saturated heterocycles. The molecule has 0 saturated carbocycles. The van der Waals surface area contributed by atoms with Crippen LogP contribution in [0.1, 0.15) is 48.0 Å². The van der Waals surface area contributed by atoms with Crippen molar-refractivity contribution in [3.05, 3.63) is 65.8 Å². The summed E-state index contributed by atoms with van der Waals surface area (Å²) in [5, 5.41) is 4.07. The van der Waals surface area contributed by atoms with Crippen LogP contribution in [0.3, 0.4) is 0 Å². The number of aromatic nitrogens is 3. The van der Waals surface area contributed by atoms with Gasteiger partial charge in [0.05, 0.1) is 0 Å². The van der Waals surface area contributed by atoms with Gasteiger partial charge in [0.25, 0.3) is 5.91 Å². The van der Waals surface area contributed by atoms with Crippen molar-refractivity contribution in [3.8, 4) is 11.4 Å². The fourth-order valence-electron chi connectivity index (χ4n) is 2.77. The Hall–Kier alpha value is -3.02. The first-order valence-electron chi connectivity index (χ1n) is 9.13. The monoisotopic (exact) mass is 364 g/mol. The molecule has 0 fully saturated rings. The lowest BCUT2D eigenvalue weighted by Crippen LogP contribution is -2.28. The number of amides is 1. The molecular formula is C21H24N4O2. The Morgan fingerprint density at radius 3 is 2.48 bits per heavy atom. The van der Waals surface area contributed by atoms with Gasteiger partial charge in [0, 0.05) is 43.5 Å². The Balaban J connectivity index is 1.53. The van der Waals surface area contributed by atoms with Crippen LogP contribution in [0.25, 0.3) is 11.4 Å². The van der Waals surface area contributed by atoms with Crippen molar-refractivity contribution in [1.29, 1.82) is 0 Å². The average molecular weight is 364 g/mol. The molecule has 0 aliphatic heterocycles. The summed E-state index contributed by atoms with van der Waals surface area (Å²) < 4.78 is 5.35. The number of carbonyl (C=O) groups excluding carboxylic acids is 1. The van der Waals surface area contributed by atoms with E-state index in [-0.39, 0.29) is 5.91 Å². The van der Waals surface area contributed by atoms with E-state index in [1.54, 1.807) is 36.5 Å². The zero-order chi connectivity index (χ0) is 19.2. The molecule has 27 heavy (non-hydrogen) atoms. The second-order valence-corrected chi connectivity index (χ2v) is 6.85. The maximum Gasteiger partial charge on any atom is 0.253 e. The lowest BCUT2D eigenvalue weighted by atomic mass is 10.0. The molecule has 0 bridgehead atoms. The average Bonchev–Trinajstić information content (AvgIpc) is 3.17. The fourth-order valence-corrected chi connectivity index (χ4v) is 2.77. The van der Waals surface area contributed by atoms with Crippen molar-refractivity contribution >= 4 is 5.91 Å². The lowest BCUT2D eigenvalue weighted by Gasteiger charge is -2.16. The predicted molar refractivity (Wildman–Crippen MR) is 103 cm³/mol. The van der Waals surface area contributed by atoms with Crippen LogP contribution in [0.15, 0.2) is 53.3 Å². The molecule has 0 spiro atoms. The van der Waals surface area contributed by atoms with Crippen molar-refractivity contribution in [2.24, 2.45) is 0 Å². The summed E-state index contributed by atoms with van der Waals surface area (Å²) in [6, 6.07) is 11.7. The molecule has 0 atom stereocenters. The summed E-state index contributed by atoms with van der Waals surface area (Å²) >= 11 is 0. The third-order valence-corrected chi connectivity index (χ3v) is 4.46. The molecule has 0 aliphatic rings. The van der Waals surface area contributed by atoms with Gasteiger partial charge in [-0.2, -0.15) is 4.98 Å². The molecule has 1 amide bonds. The fraction of sp³-hybridized carbons (Fsp3) is 0.333. The van der Waals surface area contributed by atoms with E-state index >= 15 is 0 Å². The SMILES string of the molecule is CC(C)c1ccc(-c2noc(CCCN(C)C(=O)c3ccncc3)n2)cc1. The number of benzene rings is 1. The highest BCUT2D eigenvalue weighted by atomic mass is 16.5. The second kappa shape index (κ2) is 8.58. The number of aryl methyl sites for hydroxylation is 1. The van der Waals surface area contributed by atoms with E-state index in [9.17, 15) is 4.79 Å². The zero-order valence-corrected chi connectivity index (χ0v) is 15.9. The van der Waals surface area contributed by atoms with Gasteiger partial charge in [-0.1, -0.05) is 43.3 Å². The molecule has 6 nitrogen and oxygen atoms in total. The first kappa shape index (κ1) is 18.8. The third-order valence-electron chi connectivity index (χ3n) is 4.46. The Labute approximate surface area is 159 Å². The third kappa shape index (κ3) is 4.78. The zero-order valence-electron chi connectivity index (χ0n) is 15.9. The van der Waals surface area contributed by atoms with E-state index in [1.165, 1.54) is 5.56 Å². The molecule has 0 N–H and O–H groups in total. The van der Waals surface area contributed by atoms with E-state index in [0.29, 0.717) is 36.2 Å². The number of carbonyl (C=O) groups is 1. The number of rotatable bonds is 7. The number of pyridine rings is 1. The van der Waals surface area contributed by atoms with Gasteiger partial charge >= 0.3 is 0 Å². The summed E-state index contributed by atoms with van der Waals surface area (Å²) in [7, 11) is 1.79. The molecular weight excluding hydrogens is 340 g/mol. The normalized spacial score (nSPS) is 11.0. The molecule has 3 aromatic rings. The molecule has 3 rings (SSSR count). The lowest BCUT2D eigenvalue weighted by molar-refractivity contribution is 0.0792. The Morgan fingerprint density at radius 1 is 1.11 bits per heavy atom. The molecule has 0 radical (unpaired) electrons. The summed E-state index contributed by atoms with van der Waals surface area (Å²) in [4.78, 5) is 22.4. The summed E-state index contributed by atoms with van der Waals surface area (Å²) in [6.45, 7) is 4.94. The van der Waals surface area contributed by atoms with Crippen LogP contribution in [-0.2, 0) is 6.42 Å². The minimum absolute atomic E-state index is 0.0196. The standard InChI is InChI=1S/C21H24N4O2/c1-15(2)16-6-8-17(9-7-16)20-23-19(27-24-20)5-4-14-25(3)21(26)18-10-12-22-13-11-18/h6-13,15H,4-5,14H2,1-3H3. The first-order chi connectivity index (χ1) is 13.0. The second-order valence-electron chi connectivity index (χ2n) is 6.85. The first-order valence-corrected chi connectivity index (χ1v) is 9.13. The van der Waals surface area contributed by atoms with Gasteiger partial charge in [0.2, 0.25) is 11.7 Å². The highest BCUT2D eigenvalue weighted by molar-refractivity contribution is 5.93. The smallest absolute Gasteiger partial charge is 0.253 e. The Morgan fingerprint density at radius 2 is 1.81 bits per heavy atom. The van der Waals surface area contributed by atoms with Crippen LogP contribution >= 0.6 is 0 Å².